The number of aromatic nitrogens is 1. The lowest BCUT2D eigenvalue weighted by atomic mass is 10.1. The standard InChI is InChI=1S/C17H19F2N3O/c1-11(14-8-7-13(18)10-15(14)19)21-17(23)22(3)12(2)16-6-4-5-9-20-16/h4-12H,1-3H3,(H,21,23). The number of carbonyl (C=O) groups excluding carboxylic acids is 1. The highest BCUT2D eigenvalue weighted by atomic mass is 19.1. The number of halogens is 2. The summed E-state index contributed by atoms with van der Waals surface area (Å²) in [5.41, 5.74) is 0.990. The second-order valence-corrected chi connectivity index (χ2v) is 5.38. The van der Waals surface area contributed by atoms with Crippen molar-refractivity contribution >= 4 is 6.03 Å². The Morgan fingerprint density at radius 3 is 2.57 bits per heavy atom. The summed E-state index contributed by atoms with van der Waals surface area (Å²) < 4.78 is 26.7. The van der Waals surface area contributed by atoms with Gasteiger partial charge in [0.15, 0.2) is 0 Å². The van der Waals surface area contributed by atoms with Crippen molar-refractivity contribution in [3.05, 3.63) is 65.5 Å². The number of nitrogens with zero attached hydrogens (tertiary/aromatic N) is 2. The normalized spacial score (nSPS) is 13.3. The first-order valence-corrected chi connectivity index (χ1v) is 7.29. The van der Waals surface area contributed by atoms with E-state index in [2.05, 4.69) is 10.3 Å². The van der Waals surface area contributed by atoms with E-state index in [-0.39, 0.29) is 17.6 Å². The fourth-order valence-corrected chi connectivity index (χ4v) is 2.21. The molecule has 0 saturated carbocycles. The van der Waals surface area contributed by atoms with Gasteiger partial charge in [-0.25, -0.2) is 13.6 Å². The van der Waals surface area contributed by atoms with E-state index in [4.69, 9.17) is 0 Å². The number of benzene rings is 1. The minimum atomic E-state index is -0.682. The highest BCUT2D eigenvalue weighted by molar-refractivity contribution is 5.74. The summed E-state index contributed by atoms with van der Waals surface area (Å²) in [5, 5.41) is 2.70. The van der Waals surface area contributed by atoms with Crippen LogP contribution in [0.1, 0.15) is 37.2 Å². The lowest BCUT2D eigenvalue weighted by Gasteiger charge is -2.27. The minimum absolute atomic E-state index is 0.235. The van der Waals surface area contributed by atoms with E-state index >= 15 is 0 Å². The smallest absolute Gasteiger partial charge is 0.318 e. The molecule has 2 atom stereocenters. The van der Waals surface area contributed by atoms with Crippen LogP contribution < -0.4 is 5.32 Å². The fourth-order valence-electron chi connectivity index (χ4n) is 2.21. The highest BCUT2D eigenvalue weighted by Crippen LogP contribution is 2.20. The van der Waals surface area contributed by atoms with Crippen LogP contribution in [0.5, 0.6) is 0 Å². The Balaban J connectivity index is 2.05. The maximum Gasteiger partial charge on any atom is 0.318 e. The first-order valence-electron chi connectivity index (χ1n) is 7.29. The molecule has 0 fully saturated rings. The average Bonchev–Trinajstić information content (AvgIpc) is 2.54. The molecule has 0 spiro atoms. The van der Waals surface area contributed by atoms with Crippen LogP contribution in [0.2, 0.25) is 0 Å². The summed E-state index contributed by atoms with van der Waals surface area (Å²) >= 11 is 0. The molecule has 0 saturated heterocycles. The Hall–Kier alpha value is -2.50. The maximum absolute atomic E-state index is 13.8. The third kappa shape index (κ3) is 4.03. The molecular weight excluding hydrogens is 300 g/mol. The number of rotatable bonds is 4. The molecule has 1 heterocycles. The van der Waals surface area contributed by atoms with E-state index in [1.165, 1.54) is 17.0 Å². The van der Waals surface area contributed by atoms with Gasteiger partial charge in [-0.2, -0.15) is 0 Å². The molecule has 0 aliphatic rings. The van der Waals surface area contributed by atoms with Crippen LogP contribution >= 0.6 is 0 Å². The van der Waals surface area contributed by atoms with Gasteiger partial charge in [0.25, 0.3) is 0 Å². The summed E-state index contributed by atoms with van der Waals surface area (Å²) in [6.45, 7) is 3.50. The molecule has 122 valence electrons. The molecule has 0 aliphatic carbocycles. The Morgan fingerprint density at radius 2 is 1.96 bits per heavy atom. The van der Waals surface area contributed by atoms with Crippen LogP contribution in [0.15, 0.2) is 42.6 Å². The number of amides is 2. The predicted octanol–water partition coefficient (Wildman–Crippen LogP) is 3.82. The van der Waals surface area contributed by atoms with Crippen molar-refractivity contribution in [3.63, 3.8) is 0 Å². The van der Waals surface area contributed by atoms with Crippen molar-refractivity contribution in [1.82, 2.24) is 15.2 Å². The number of hydrogen-bond donors (Lipinski definition) is 1. The van der Waals surface area contributed by atoms with Gasteiger partial charge >= 0.3 is 6.03 Å². The number of urea groups is 1. The summed E-state index contributed by atoms with van der Waals surface area (Å²) in [6, 6.07) is 7.60. The lowest BCUT2D eigenvalue weighted by molar-refractivity contribution is 0.190. The molecule has 1 aromatic heterocycles. The first-order chi connectivity index (χ1) is 10.9. The SMILES string of the molecule is CC(NC(=O)N(C)C(C)c1ccccn1)c1ccc(F)cc1F. The predicted molar refractivity (Wildman–Crippen MR) is 83.7 cm³/mol. The van der Waals surface area contributed by atoms with Crippen LogP contribution in [0.3, 0.4) is 0 Å². The van der Waals surface area contributed by atoms with Crippen molar-refractivity contribution in [2.45, 2.75) is 25.9 Å². The van der Waals surface area contributed by atoms with Gasteiger partial charge in [-0.1, -0.05) is 12.1 Å². The lowest BCUT2D eigenvalue weighted by Crippen LogP contribution is -2.40. The van der Waals surface area contributed by atoms with Gasteiger partial charge in [0.05, 0.1) is 17.8 Å². The molecule has 0 bridgehead atoms. The summed E-state index contributed by atoms with van der Waals surface area (Å²) in [6.07, 6.45) is 1.66. The zero-order valence-corrected chi connectivity index (χ0v) is 13.3. The van der Waals surface area contributed by atoms with Crippen molar-refractivity contribution < 1.29 is 13.6 Å². The number of hydrogen-bond acceptors (Lipinski definition) is 2. The average molecular weight is 319 g/mol. The molecular formula is C17H19F2N3O. The van der Waals surface area contributed by atoms with Gasteiger partial charge < -0.3 is 10.2 Å². The molecule has 1 aromatic carbocycles. The molecule has 1 N–H and O–H groups in total. The van der Waals surface area contributed by atoms with Gasteiger partial charge in [0, 0.05) is 24.9 Å². The van der Waals surface area contributed by atoms with Crippen LogP contribution in [0.25, 0.3) is 0 Å². The van der Waals surface area contributed by atoms with Gasteiger partial charge in [0.1, 0.15) is 11.6 Å². The van der Waals surface area contributed by atoms with E-state index in [0.717, 1.165) is 11.8 Å². The van der Waals surface area contributed by atoms with Gasteiger partial charge in [-0.15, -0.1) is 0 Å². The number of carbonyl (C=O) groups is 1. The zero-order chi connectivity index (χ0) is 17.0. The number of pyridine rings is 1. The molecule has 0 aliphatic heterocycles. The third-order valence-corrected chi connectivity index (χ3v) is 3.79. The molecule has 2 rings (SSSR count). The molecule has 6 heteroatoms. The molecule has 2 aromatic rings. The van der Waals surface area contributed by atoms with Crippen LogP contribution in [0.4, 0.5) is 13.6 Å². The highest BCUT2D eigenvalue weighted by Gasteiger charge is 2.21. The van der Waals surface area contributed by atoms with E-state index in [0.29, 0.717) is 0 Å². The Morgan fingerprint density at radius 1 is 1.22 bits per heavy atom. The first kappa shape index (κ1) is 16.9. The Bertz CT molecular complexity index is 679. The van der Waals surface area contributed by atoms with Gasteiger partial charge in [0.2, 0.25) is 0 Å². The molecule has 23 heavy (non-hydrogen) atoms. The number of nitrogens with one attached hydrogen (secondary N) is 1. The van der Waals surface area contributed by atoms with Crippen LogP contribution in [0, 0.1) is 11.6 Å². The van der Waals surface area contributed by atoms with Crippen molar-refractivity contribution in [2.24, 2.45) is 0 Å². The summed E-state index contributed by atoms with van der Waals surface area (Å²) in [5.74, 6) is -1.33. The molecule has 2 unspecified atom stereocenters. The second-order valence-electron chi connectivity index (χ2n) is 5.38. The van der Waals surface area contributed by atoms with Crippen LogP contribution in [-0.4, -0.2) is 23.0 Å². The fraction of sp³-hybridized carbons (Fsp3) is 0.294. The second kappa shape index (κ2) is 7.17. The van der Waals surface area contributed by atoms with Crippen molar-refractivity contribution in [1.29, 1.82) is 0 Å². The maximum atomic E-state index is 13.8. The summed E-state index contributed by atoms with van der Waals surface area (Å²) in [7, 11) is 1.64. The van der Waals surface area contributed by atoms with E-state index in [9.17, 15) is 13.6 Å². The Labute approximate surface area is 134 Å². The minimum Gasteiger partial charge on any atom is -0.331 e. The van der Waals surface area contributed by atoms with E-state index in [1.54, 1.807) is 26.2 Å². The van der Waals surface area contributed by atoms with Gasteiger partial charge in [-0.05, 0) is 32.0 Å². The zero-order valence-electron chi connectivity index (χ0n) is 13.3. The third-order valence-electron chi connectivity index (χ3n) is 3.79. The van der Waals surface area contributed by atoms with E-state index < -0.39 is 17.7 Å². The van der Waals surface area contributed by atoms with Crippen LogP contribution in [-0.2, 0) is 0 Å². The molecule has 0 radical (unpaired) electrons. The van der Waals surface area contributed by atoms with Crippen molar-refractivity contribution in [2.75, 3.05) is 7.05 Å². The topological polar surface area (TPSA) is 45.2 Å². The van der Waals surface area contributed by atoms with E-state index in [1.807, 2.05) is 19.1 Å². The monoisotopic (exact) mass is 319 g/mol. The Kier molecular flexibility index (Phi) is 5.26. The largest absolute Gasteiger partial charge is 0.331 e. The van der Waals surface area contributed by atoms with Crippen molar-refractivity contribution in [3.8, 4) is 0 Å². The molecule has 4 nitrogen and oxygen atoms in total. The quantitative estimate of drug-likeness (QED) is 0.931. The van der Waals surface area contributed by atoms with Gasteiger partial charge in [-0.3, -0.25) is 4.98 Å². The summed E-state index contributed by atoms with van der Waals surface area (Å²) in [4.78, 5) is 18.0. The molecule has 2 amide bonds.